The number of aryl methyl sites for hydroxylation is 1. The number of ether oxygens (including phenoxy) is 2. The van der Waals surface area contributed by atoms with Gasteiger partial charge < -0.3 is 19.5 Å². The summed E-state index contributed by atoms with van der Waals surface area (Å²) in [5.41, 5.74) is 2.82. The summed E-state index contributed by atoms with van der Waals surface area (Å²) in [7, 11) is 1.52. The van der Waals surface area contributed by atoms with Crippen LogP contribution in [-0.2, 0) is 20.9 Å². The number of aliphatic hydroxyl groups excluding tert-OH is 1. The number of ketones is 1. The maximum absolute atomic E-state index is 13.1. The van der Waals surface area contributed by atoms with Crippen molar-refractivity contribution in [2.24, 2.45) is 0 Å². The highest BCUT2D eigenvalue weighted by molar-refractivity contribution is 9.10. The molecule has 3 aromatic carbocycles. The smallest absolute Gasteiger partial charge is 0.295 e. The predicted molar refractivity (Wildman–Crippen MR) is 137 cm³/mol. The Morgan fingerprint density at radius 2 is 1.75 bits per heavy atom. The molecule has 6 nitrogen and oxygen atoms in total. The largest absolute Gasteiger partial charge is 0.507 e. The van der Waals surface area contributed by atoms with Crippen LogP contribution in [0.1, 0.15) is 28.3 Å². The molecular weight excluding hydrogens is 529 g/mol. The van der Waals surface area contributed by atoms with E-state index in [9.17, 15) is 19.1 Å². The molecule has 1 unspecified atom stereocenters. The lowest BCUT2D eigenvalue weighted by molar-refractivity contribution is -0.140. The van der Waals surface area contributed by atoms with Crippen LogP contribution in [0.15, 0.2) is 76.8 Å². The maximum atomic E-state index is 13.1. The van der Waals surface area contributed by atoms with E-state index in [2.05, 4.69) is 15.9 Å². The zero-order valence-corrected chi connectivity index (χ0v) is 21.4. The van der Waals surface area contributed by atoms with Crippen molar-refractivity contribution in [3.8, 4) is 5.75 Å². The fourth-order valence-corrected chi connectivity index (χ4v) is 4.33. The highest BCUT2D eigenvalue weighted by Gasteiger charge is 2.45. The molecule has 1 aliphatic rings. The van der Waals surface area contributed by atoms with E-state index in [0.29, 0.717) is 16.9 Å². The quantitative estimate of drug-likeness (QED) is 0.225. The molecule has 1 saturated heterocycles. The predicted octanol–water partition coefficient (Wildman–Crippen LogP) is 5.54. The molecule has 1 N–H and O–H groups in total. The van der Waals surface area contributed by atoms with E-state index in [-0.39, 0.29) is 36.9 Å². The van der Waals surface area contributed by atoms with E-state index in [4.69, 9.17) is 9.47 Å². The molecule has 1 heterocycles. The Kier molecular flexibility index (Phi) is 7.86. The van der Waals surface area contributed by atoms with E-state index in [1.807, 2.05) is 6.92 Å². The second-order valence-corrected chi connectivity index (χ2v) is 9.29. The first kappa shape index (κ1) is 25.6. The van der Waals surface area contributed by atoms with Gasteiger partial charge in [-0.2, -0.15) is 0 Å². The van der Waals surface area contributed by atoms with Gasteiger partial charge in [-0.05, 0) is 60.0 Å². The minimum absolute atomic E-state index is 0.0257. The molecule has 36 heavy (non-hydrogen) atoms. The molecule has 3 aromatic rings. The fraction of sp³-hybridized carbons (Fsp3) is 0.214. The summed E-state index contributed by atoms with van der Waals surface area (Å²) < 4.78 is 24.9. The number of amides is 1. The number of methoxy groups -OCH3 is 1. The van der Waals surface area contributed by atoms with Gasteiger partial charge in [0, 0.05) is 23.7 Å². The average molecular weight is 554 g/mol. The zero-order chi connectivity index (χ0) is 25.8. The topological polar surface area (TPSA) is 76.1 Å². The Balaban J connectivity index is 1.67. The molecule has 1 aliphatic heterocycles. The van der Waals surface area contributed by atoms with Crippen LogP contribution in [0.4, 0.5) is 4.39 Å². The van der Waals surface area contributed by atoms with Crippen LogP contribution in [-0.4, -0.2) is 42.0 Å². The summed E-state index contributed by atoms with van der Waals surface area (Å²) in [4.78, 5) is 27.4. The molecule has 0 aliphatic carbocycles. The second kappa shape index (κ2) is 11.1. The highest BCUT2D eigenvalue weighted by atomic mass is 79.9. The molecule has 8 heteroatoms. The van der Waals surface area contributed by atoms with Crippen molar-refractivity contribution in [3.05, 3.63) is 105 Å². The van der Waals surface area contributed by atoms with Gasteiger partial charge in [0.1, 0.15) is 23.9 Å². The molecule has 1 fully saturated rings. The lowest BCUT2D eigenvalue weighted by atomic mass is 9.95. The Morgan fingerprint density at radius 1 is 1.06 bits per heavy atom. The summed E-state index contributed by atoms with van der Waals surface area (Å²) in [6.07, 6.45) is 0. The zero-order valence-electron chi connectivity index (χ0n) is 19.8. The van der Waals surface area contributed by atoms with E-state index in [1.165, 1.54) is 24.1 Å². The van der Waals surface area contributed by atoms with E-state index in [0.717, 1.165) is 15.6 Å². The minimum atomic E-state index is -0.782. The number of carbonyl (C=O) groups is 2. The molecular formula is C28H25BrFNO5. The minimum Gasteiger partial charge on any atom is -0.507 e. The Hall–Kier alpha value is -3.49. The Bertz CT molecular complexity index is 1300. The third-order valence-electron chi connectivity index (χ3n) is 6.02. The average Bonchev–Trinajstić information content (AvgIpc) is 3.13. The third kappa shape index (κ3) is 5.34. The number of aliphatic hydroxyl groups is 1. The van der Waals surface area contributed by atoms with Crippen molar-refractivity contribution >= 4 is 33.4 Å². The van der Waals surface area contributed by atoms with Gasteiger partial charge in [0.15, 0.2) is 0 Å². The van der Waals surface area contributed by atoms with Crippen LogP contribution in [0.3, 0.4) is 0 Å². The molecule has 0 aromatic heterocycles. The van der Waals surface area contributed by atoms with Crippen molar-refractivity contribution < 1.29 is 28.6 Å². The monoisotopic (exact) mass is 553 g/mol. The standard InChI is InChI=1S/C28H25BrFNO5/c1-17-15-20(7-12-23(17)29)26(32)24-25(31(13-14-35-2)28(34)27(24)33)19-5-10-22(11-6-19)36-16-18-3-8-21(30)9-4-18/h3-12,15,25,32H,13-14,16H2,1-2H3/b26-24-. The van der Waals surface area contributed by atoms with Crippen LogP contribution in [0.25, 0.3) is 5.76 Å². The van der Waals surface area contributed by atoms with Gasteiger partial charge in [0.2, 0.25) is 0 Å². The third-order valence-corrected chi connectivity index (χ3v) is 6.91. The first-order valence-electron chi connectivity index (χ1n) is 11.3. The number of hydrogen-bond donors (Lipinski definition) is 1. The van der Waals surface area contributed by atoms with Crippen LogP contribution in [0.5, 0.6) is 5.75 Å². The Morgan fingerprint density at radius 3 is 2.39 bits per heavy atom. The number of hydrogen-bond acceptors (Lipinski definition) is 5. The summed E-state index contributed by atoms with van der Waals surface area (Å²) >= 11 is 3.44. The molecule has 0 bridgehead atoms. The van der Waals surface area contributed by atoms with Gasteiger partial charge in [-0.25, -0.2) is 4.39 Å². The van der Waals surface area contributed by atoms with Gasteiger partial charge >= 0.3 is 0 Å². The number of benzene rings is 3. The molecule has 1 amide bonds. The first-order chi connectivity index (χ1) is 17.3. The number of likely N-dealkylation sites (tertiary alicyclic amines) is 1. The summed E-state index contributed by atoms with van der Waals surface area (Å²) in [5.74, 6) is -1.41. The van der Waals surface area contributed by atoms with Crippen LogP contribution in [0.2, 0.25) is 0 Å². The number of halogens is 2. The highest BCUT2D eigenvalue weighted by Crippen LogP contribution is 2.40. The number of Topliss-reactive ketones (excluding diaryl/α,β-unsaturated/α-hetero) is 1. The van der Waals surface area contributed by atoms with Gasteiger partial charge in [0.05, 0.1) is 18.2 Å². The van der Waals surface area contributed by atoms with Gasteiger partial charge in [-0.3, -0.25) is 9.59 Å². The molecule has 186 valence electrons. The van der Waals surface area contributed by atoms with E-state index >= 15 is 0 Å². The molecule has 0 spiro atoms. The van der Waals surface area contributed by atoms with Gasteiger partial charge in [0.25, 0.3) is 11.7 Å². The number of carbonyl (C=O) groups excluding carboxylic acids is 2. The first-order valence-corrected chi connectivity index (χ1v) is 12.1. The van der Waals surface area contributed by atoms with Gasteiger partial charge in [-0.1, -0.05) is 46.3 Å². The lowest BCUT2D eigenvalue weighted by Crippen LogP contribution is -2.32. The number of nitrogens with zero attached hydrogens (tertiary/aromatic N) is 1. The van der Waals surface area contributed by atoms with Crippen LogP contribution >= 0.6 is 15.9 Å². The van der Waals surface area contributed by atoms with Crippen molar-refractivity contribution in [2.75, 3.05) is 20.3 Å². The maximum Gasteiger partial charge on any atom is 0.295 e. The van der Waals surface area contributed by atoms with Crippen molar-refractivity contribution in [1.82, 2.24) is 4.90 Å². The lowest BCUT2D eigenvalue weighted by Gasteiger charge is -2.25. The fourth-order valence-electron chi connectivity index (χ4n) is 4.09. The van der Waals surface area contributed by atoms with E-state index < -0.39 is 17.7 Å². The summed E-state index contributed by atoms with van der Waals surface area (Å²) in [5, 5.41) is 11.2. The normalized spacial score (nSPS) is 17.0. The summed E-state index contributed by atoms with van der Waals surface area (Å²) in [6.45, 7) is 2.56. The molecule has 4 rings (SSSR count). The van der Waals surface area contributed by atoms with E-state index in [1.54, 1.807) is 54.6 Å². The van der Waals surface area contributed by atoms with Gasteiger partial charge in [-0.15, -0.1) is 0 Å². The molecule has 1 atom stereocenters. The summed E-state index contributed by atoms with van der Waals surface area (Å²) in [6, 6.07) is 17.5. The number of rotatable bonds is 8. The molecule has 0 saturated carbocycles. The van der Waals surface area contributed by atoms with Crippen molar-refractivity contribution in [2.45, 2.75) is 19.6 Å². The van der Waals surface area contributed by atoms with Crippen LogP contribution in [0, 0.1) is 12.7 Å². The second-order valence-electron chi connectivity index (χ2n) is 8.43. The Labute approximate surface area is 217 Å². The molecule has 0 radical (unpaired) electrons. The van der Waals surface area contributed by atoms with Crippen LogP contribution < -0.4 is 4.74 Å². The SMILES string of the molecule is COCCN1C(=O)C(=O)/C(=C(\O)c2ccc(Br)c(C)c2)C1c1ccc(OCc2ccc(F)cc2)cc1. The van der Waals surface area contributed by atoms with Crippen molar-refractivity contribution in [1.29, 1.82) is 0 Å². The van der Waals surface area contributed by atoms with Crippen molar-refractivity contribution in [3.63, 3.8) is 0 Å².